The lowest BCUT2D eigenvalue weighted by Gasteiger charge is -2.31. The lowest BCUT2D eigenvalue weighted by atomic mass is 10.2. The van der Waals surface area contributed by atoms with Gasteiger partial charge in [0, 0.05) is 6.42 Å². The Hall–Kier alpha value is -2.80. The van der Waals surface area contributed by atoms with Crippen LogP contribution in [-0.4, -0.2) is 34.2 Å². The van der Waals surface area contributed by atoms with Crippen LogP contribution in [0.15, 0.2) is 59.6 Å². The van der Waals surface area contributed by atoms with Gasteiger partial charge < -0.3 is 10.5 Å². The van der Waals surface area contributed by atoms with E-state index in [9.17, 15) is 9.59 Å². The number of carbonyl (C=O) groups excluding carboxylic acids is 2. The molecule has 1 aliphatic rings. The van der Waals surface area contributed by atoms with E-state index in [2.05, 4.69) is 4.99 Å². The largest absolute Gasteiger partial charge is 0.497 e. The molecule has 0 saturated carbocycles. The van der Waals surface area contributed by atoms with Crippen LogP contribution in [0.4, 0.5) is 5.69 Å². The van der Waals surface area contributed by atoms with Crippen molar-refractivity contribution < 1.29 is 14.3 Å². The zero-order chi connectivity index (χ0) is 18.5. The highest BCUT2D eigenvalue weighted by molar-refractivity contribution is 8.15. The molecule has 2 amide bonds. The Bertz CT molecular complexity index is 822. The number of thioether (sulfide) groups is 1. The number of amidine groups is 1. The highest BCUT2D eigenvalue weighted by Crippen LogP contribution is 2.30. The molecule has 0 radical (unpaired) electrons. The third kappa shape index (κ3) is 4.23. The van der Waals surface area contributed by atoms with Gasteiger partial charge in [-0.15, -0.1) is 0 Å². The molecule has 0 unspecified atom stereocenters. The second kappa shape index (κ2) is 8.05. The molecular weight excluding hydrogens is 350 g/mol. The standard InChI is InChI=1S/C19H19N3O3S/c1-25-15-9-7-14(8-10-15)21-19-22(12-13-5-3-2-4-6-13)17(23)11-16(26-19)18(20)24/h2-10,16H,11-12H2,1H3,(H2,20,24)/t16-/m0/s1. The predicted octanol–water partition coefficient (Wildman–Crippen LogP) is 2.70. The molecule has 2 aromatic carbocycles. The number of ether oxygens (including phenoxy) is 1. The van der Waals surface area contributed by atoms with Crippen molar-refractivity contribution in [1.82, 2.24) is 4.90 Å². The van der Waals surface area contributed by atoms with Gasteiger partial charge in [0.1, 0.15) is 5.75 Å². The van der Waals surface area contributed by atoms with Gasteiger partial charge in [0.2, 0.25) is 11.8 Å². The normalized spacial score (nSPS) is 18.8. The van der Waals surface area contributed by atoms with Crippen molar-refractivity contribution in [3.05, 3.63) is 60.2 Å². The summed E-state index contributed by atoms with van der Waals surface area (Å²) in [6, 6.07) is 16.8. The van der Waals surface area contributed by atoms with Gasteiger partial charge in [0.25, 0.3) is 0 Å². The second-order valence-corrected chi connectivity index (χ2v) is 6.94. The van der Waals surface area contributed by atoms with Crippen LogP contribution in [0, 0.1) is 0 Å². The van der Waals surface area contributed by atoms with Gasteiger partial charge in [-0.2, -0.15) is 0 Å². The van der Waals surface area contributed by atoms with E-state index in [4.69, 9.17) is 10.5 Å². The molecule has 2 aromatic rings. The third-order valence-corrected chi connectivity index (χ3v) is 5.14. The topological polar surface area (TPSA) is 85.0 Å². The number of benzene rings is 2. The summed E-state index contributed by atoms with van der Waals surface area (Å²) in [7, 11) is 1.59. The Kier molecular flexibility index (Phi) is 5.58. The van der Waals surface area contributed by atoms with Crippen molar-refractivity contribution >= 4 is 34.4 Å². The molecule has 1 atom stereocenters. The average Bonchev–Trinajstić information content (AvgIpc) is 2.65. The predicted molar refractivity (Wildman–Crippen MR) is 102 cm³/mol. The summed E-state index contributed by atoms with van der Waals surface area (Å²) in [4.78, 5) is 30.4. The number of nitrogens with two attached hydrogens (primary N) is 1. The molecule has 26 heavy (non-hydrogen) atoms. The molecule has 7 heteroatoms. The van der Waals surface area contributed by atoms with E-state index in [1.165, 1.54) is 11.8 Å². The van der Waals surface area contributed by atoms with Crippen LogP contribution in [0.2, 0.25) is 0 Å². The van der Waals surface area contributed by atoms with Crippen LogP contribution in [-0.2, 0) is 16.1 Å². The molecule has 0 aliphatic carbocycles. The van der Waals surface area contributed by atoms with Crippen LogP contribution in [0.25, 0.3) is 0 Å². The summed E-state index contributed by atoms with van der Waals surface area (Å²) < 4.78 is 5.15. The Labute approximate surface area is 156 Å². The summed E-state index contributed by atoms with van der Waals surface area (Å²) in [6.07, 6.45) is 0.0778. The maximum atomic E-state index is 12.6. The number of carbonyl (C=O) groups is 2. The minimum atomic E-state index is -0.605. The lowest BCUT2D eigenvalue weighted by Crippen LogP contribution is -2.45. The van der Waals surface area contributed by atoms with Gasteiger partial charge in [-0.25, -0.2) is 4.99 Å². The maximum absolute atomic E-state index is 12.6. The van der Waals surface area contributed by atoms with Gasteiger partial charge in [0.05, 0.1) is 24.6 Å². The molecule has 0 aromatic heterocycles. The van der Waals surface area contributed by atoms with Crippen LogP contribution < -0.4 is 10.5 Å². The zero-order valence-electron chi connectivity index (χ0n) is 14.3. The summed E-state index contributed by atoms with van der Waals surface area (Å²) in [5, 5.41) is -0.134. The first-order valence-corrected chi connectivity index (χ1v) is 8.98. The molecular formula is C19H19N3O3S. The molecule has 1 saturated heterocycles. The zero-order valence-corrected chi connectivity index (χ0v) is 15.1. The van der Waals surface area contributed by atoms with Crippen molar-refractivity contribution in [3.63, 3.8) is 0 Å². The van der Waals surface area contributed by atoms with E-state index < -0.39 is 11.2 Å². The van der Waals surface area contributed by atoms with E-state index in [1.54, 1.807) is 36.3 Å². The minimum Gasteiger partial charge on any atom is -0.497 e. The molecule has 6 nitrogen and oxygen atoms in total. The molecule has 0 bridgehead atoms. The van der Waals surface area contributed by atoms with Crippen LogP contribution in [0.5, 0.6) is 5.75 Å². The summed E-state index contributed by atoms with van der Waals surface area (Å²) in [5.74, 6) is 0.0475. The SMILES string of the molecule is COc1ccc(N=C2S[C@H](C(N)=O)CC(=O)N2Cc2ccccc2)cc1. The second-order valence-electron chi connectivity index (χ2n) is 5.77. The minimum absolute atomic E-state index is 0.0778. The lowest BCUT2D eigenvalue weighted by molar-refractivity contribution is -0.130. The molecule has 134 valence electrons. The van der Waals surface area contributed by atoms with E-state index in [1.807, 2.05) is 30.3 Å². The third-order valence-electron chi connectivity index (χ3n) is 3.94. The number of hydrogen-bond donors (Lipinski definition) is 1. The summed E-state index contributed by atoms with van der Waals surface area (Å²) >= 11 is 1.22. The Balaban J connectivity index is 1.91. The quantitative estimate of drug-likeness (QED) is 0.878. The van der Waals surface area contributed by atoms with E-state index in [0.717, 1.165) is 11.3 Å². The Morgan fingerprint density at radius 3 is 2.54 bits per heavy atom. The van der Waals surface area contributed by atoms with Gasteiger partial charge in [-0.1, -0.05) is 42.1 Å². The van der Waals surface area contributed by atoms with Crippen LogP contribution >= 0.6 is 11.8 Å². The first kappa shape index (κ1) is 18.0. The van der Waals surface area contributed by atoms with E-state index in [-0.39, 0.29) is 12.3 Å². The fraction of sp³-hybridized carbons (Fsp3) is 0.211. The molecule has 1 aliphatic heterocycles. The smallest absolute Gasteiger partial charge is 0.231 e. The highest BCUT2D eigenvalue weighted by Gasteiger charge is 2.34. The number of nitrogens with zero attached hydrogens (tertiary/aromatic N) is 2. The van der Waals surface area contributed by atoms with Crippen molar-refractivity contribution in [2.75, 3.05) is 7.11 Å². The van der Waals surface area contributed by atoms with E-state index in [0.29, 0.717) is 17.4 Å². The summed E-state index contributed by atoms with van der Waals surface area (Å²) in [6.45, 7) is 0.396. The fourth-order valence-corrected chi connectivity index (χ4v) is 3.59. The Morgan fingerprint density at radius 1 is 1.23 bits per heavy atom. The monoisotopic (exact) mass is 369 g/mol. The molecule has 3 rings (SSSR count). The average molecular weight is 369 g/mol. The van der Waals surface area contributed by atoms with Crippen molar-refractivity contribution in [2.45, 2.75) is 18.2 Å². The van der Waals surface area contributed by atoms with Crippen molar-refractivity contribution in [1.29, 1.82) is 0 Å². The first-order valence-electron chi connectivity index (χ1n) is 8.10. The van der Waals surface area contributed by atoms with Crippen molar-refractivity contribution in [2.24, 2.45) is 10.7 Å². The number of rotatable bonds is 5. The summed E-state index contributed by atoms with van der Waals surface area (Å²) in [5.41, 5.74) is 7.08. The van der Waals surface area contributed by atoms with E-state index >= 15 is 0 Å². The van der Waals surface area contributed by atoms with Crippen molar-refractivity contribution in [3.8, 4) is 5.75 Å². The highest BCUT2D eigenvalue weighted by atomic mass is 32.2. The number of primary amides is 1. The van der Waals surface area contributed by atoms with Gasteiger partial charge in [-0.3, -0.25) is 14.5 Å². The molecule has 2 N–H and O–H groups in total. The van der Waals surface area contributed by atoms with Gasteiger partial charge in [-0.05, 0) is 29.8 Å². The fourth-order valence-electron chi connectivity index (χ4n) is 2.54. The number of hydrogen-bond acceptors (Lipinski definition) is 5. The molecule has 1 heterocycles. The maximum Gasteiger partial charge on any atom is 0.231 e. The number of methoxy groups -OCH3 is 1. The molecule has 0 spiro atoms. The number of aliphatic imine (C=N–C) groups is 1. The molecule has 1 fully saturated rings. The van der Waals surface area contributed by atoms with Crippen LogP contribution in [0.1, 0.15) is 12.0 Å². The first-order chi connectivity index (χ1) is 12.6. The van der Waals surface area contributed by atoms with Gasteiger partial charge >= 0.3 is 0 Å². The Morgan fingerprint density at radius 2 is 1.92 bits per heavy atom. The number of amides is 2. The van der Waals surface area contributed by atoms with Gasteiger partial charge in [0.15, 0.2) is 5.17 Å². The van der Waals surface area contributed by atoms with Crippen LogP contribution in [0.3, 0.4) is 0 Å².